The minimum Gasteiger partial charge on any atom is -0.455 e. The highest BCUT2D eigenvalue weighted by atomic mass is 32.2. The smallest absolute Gasteiger partial charge is 0.309 e. The lowest BCUT2D eigenvalue weighted by Gasteiger charge is -2.16. The summed E-state index contributed by atoms with van der Waals surface area (Å²) in [7, 11) is -3.34. The van der Waals surface area contributed by atoms with Crippen LogP contribution < -0.4 is 5.32 Å². The Balaban J connectivity index is 1.87. The van der Waals surface area contributed by atoms with Crippen LogP contribution >= 0.6 is 0 Å². The Hall–Kier alpha value is -2.15. The van der Waals surface area contributed by atoms with Gasteiger partial charge < -0.3 is 10.1 Å². The highest BCUT2D eigenvalue weighted by molar-refractivity contribution is 7.90. The first-order valence-corrected chi connectivity index (χ1v) is 9.17. The first-order valence-electron chi connectivity index (χ1n) is 7.28. The summed E-state index contributed by atoms with van der Waals surface area (Å²) in [6.07, 6.45) is 7.25. The molecule has 1 aliphatic carbocycles. The molecule has 23 heavy (non-hydrogen) atoms. The van der Waals surface area contributed by atoms with Crippen molar-refractivity contribution in [3.63, 3.8) is 0 Å². The number of rotatable bonds is 5. The fourth-order valence-corrected chi connectivity index (χ4v) is 2.93. The van der Waals surface area contributed by atoms with Gasteiger partial charge in [0.1, 0.15) is 0 Å². The number of hydrogen-bond acceptors (Lipinski definition) is 5. The van der Waals surface area contributed by atoms with Gasteiger partial charge >= 0.3 is 5.97 Å². The molecule has 0 saturated heterocycles. The average molecular weight is 337 g/mol. The number of hydrogen-bond donors (Lipinski definition) is 1. The van der Waals surface area contributed by atoms with Crippen LogP contribution in [0.2, 0.25) is 0 Å². The third-order valence-corrected chi connectivity index (χ3v) is 4.60. The molecule has 2 rings (SSSR count). The summed E-state index contributed by atoms with van der Waals surface area (Å²) < 4.78 is 28.0. The van der Waals surface area contributed by atoms with Crippen LogP contribution in [0.3, 0.4) is 0 Å². The number of carbonyl (C=O) groups is 2. The largest absolute Gasteiger partial charge is 0.455 e. The van der Waals surface area contributed by atoms with Gasteiger partial charge in [-0.2, -0.15) is 0 Å². The number of sulfone groups is 1. The summed E-state index contributed by atoms with van der Waals surface area (Å²) in [4.78, 5) is 23.7. The van der Waals surface area contributed by atoms with E-state index in [-0.39, 0.29) is 23.4 Å². The van der Waals surface area contributed by atoms with Crippen molar-refractivity contribution in [1.29, 1.82) is 0 Å². The van der Waals surface area contributed by atoms with Crippen LogP contribution in [-0.2, 0) is 24.2 Å². The molecule has 0 saturated carbocycles. The van der Waals surface area contributed by atoms with Gasteiger partial charge in [0.05, 0.1) is 10.8 Å². The number of ether oxygens (including phenoxy) is 1. The van der Waals surface area contributed by atoms with E-state index in [0.29, 0.717) is 12.1 Å². The fraction of sp³-hybridized carbons (Fsp3) is 0.375. The topological polar surface area (TPSA) is 89.5 Å². The molecule has 0 bridgehead atoms. The Kier molecular flexibility index (Phi) is 5.54. The summed E-state index contributed by atoms with van der Waals surface area (Å²) in [5.41, 5.74) is 0.342. The molecule has 1 aliphatic rings. The maximum absolute atomic E-state index is 11.8. The minimum absolute atomic E-state index is 0.112. The molecule has 1 amide bonds. The first kappa shape index (κ1) is 17.2. The molecule has 6 nitrogen and oxygen atoms in total. The molecule has 0 fully saturated rings. The van der Waals surface area contributed by atoms with Crippen LogP contribution in [0.15, 0.2) is 41.3 Å². The average Bonchev–Trinajstić information content (AvgIpc) is 2.53. The number of amides is 1. The van der Waals surface area contributed by atoms with Crippen LogP contribution in [-0.4, -0.2) is 33.2 Å². The molecule has 1 aromatic rings. The molecule has 0 radical (unpaired) electrons. The Morgan fingerprint density at radius 3 is 2.74 bits per heavy atom. The summed E-state index contributed by atoms with van der Waals surface area (Å²) in [5.74, 6) is -1.08. The van der Waals surface area contributed by atoms with Crippen LogP contribution in [0.1, 0.15) is 19.3 Å². The zero-order valence-corrected chi connectivity index (χ0v) is 13.6. The second-order valence-corrected chi connectivity index (χ2v) is 7.45. The zero-order chi connectivity index (χ0) is 16.9. The SMILES string of the molecule is CS(=O)(=O)c1cccc(NC(=O)COC(=O)[C@H]2CC=CCC2)c1. The van der Waals surface area contributed by atoms with Crippen molar-refractivity contribution in [2.45, 2.75) is 24.2 Å². The van der Waals surface area contributed by atoms with Crippen molar-refractivity contribution in [2.75, 3.05) is 18.2 Å². The molecular weight excluding hydrogens is 318 g/mol. The Bertz CT molecular complexity index is 724. The van der Waals surface area contributed by atoms with E-state index in [9.17, 15) is 18.0 Å². The van der Waals surface area contributed by atoms with E-state index in [0.717, 1.165) is 19.1 Å². The van der Waals surface area contributed by atoms with E-state index in [1.54, 1.807) is 6.07 Å². The molecule has 0 aromatic heterocycles. The Morgan fingerprint density at radius 1 is 1.30 bits per heavy atom. The summed E-state index contributed by atoms with van der Waals surface area (Å²) >= 11 is 0. The molecule has 124 valence electrons. The predicted octanol–water partition coefficient (Wildman–Crippen LogP) is 1.93. The van der Waals surface area contributed by atoms with E-state index in [1.165, 1.54) is 18.2 Å². The zero-order valence-electron chi connectivity index (χ0n) is 12.8. The van der Waals surface area contributed by atoms with Crippen molar-refractivity contribution >= 4 is 27.4 Å². The van der Waals surface area contributed by atoms with Gasteiger partial charge in [-0.1, -0.05) is 18.2 Å². The van der Waals surface area contributed by atoms with Crippen molar-refractivity contribution in [3.8, 4) is 0 Å². The highest BCUT2D eigenvalue weighted by Gasteiger charge is 2.21. The third kappa shape index (κ3) is 5.21. The predicted molar refractivity (Wildman–Crippen MR) is 85.6 cm³/mol. The van der Waals surface area contributed by atoms with Gasteiger partial charge in [0.25, 0.3) is 5.91 Å². The van der Waals surface area contributed by atoms with Gasteiger partial charge in [0, 0.05) is 11.9 Å². The summed E-state index contributed by atoms with van der Waals surface area (Å²) in [5, 5.41) is 2.52. The lowest BCUT2D eigenvalue weighted by Crippen LogP contribution is -2.25. The standard InChI is InChI=1S/C16H19NO5S/c1-23(20,21)14-9-5-8-13(10-14)17-15(18)11-22-16(19)12-6-3-2-4-7-12/h2-3,5,8-10,12H,4,6-7,11H2,1H3,(H,17,18)/t12-/m0/s1. The first-order chi connectivity index (χ1) is 10.9. The summed E-state index contributed by atoms with van der Waals surface area (Å²) in [6, 6.07) is 5.91. The number of allylic oxidation sites excluding steroid dienone is 2. The normalized spacial score (nSPS) is 17.5. The molecule has 0 heterocycles. The number of anilines is 1. The van der Waals surface area contributed by atoms with E-state index in [4.69, 9.17) is 4.74 Å². The number of carbonyl (C=O) groups excluding carboxylic acids is 2. The number of benzene rings is 1. The molecule has 1 atom stereocenters. The maximum Gasteiger partial charge on any atom is 0.309 e. The minimum atomic E-state index is -3.34. The molecule has 0 unspecified atom stereocenters. The molecule has 0 spiro atoms. The van der Waals surface area contributed by atoms with Crippen LogP contribution in [0.25, 0.3) is 0 Å². The molecule has 0 aliphatic heterocycles. The van der Waals surface area contributed by atoms with E-state index in [2.05, 4.69) is 5.32 Å². The van der Waals surface area contributed by atoms with Gasteiger partial charge in [-0.3, -0.25) is 9.59 Å². The van der Waals surface area contributed by atoms with Crippen molar-refractivity contribution in [3.05, 3.63) is 36.4 Å². The van der Waals surface area contributed by atoms with Crippen LogP contribution in [0.5, 0.6) is 0 Å². The summed E-state index contributed by atoms with van der Waals surface area (Å²) in [6.45, 7) is -0.387. The van der Waals surface area contributed by atoms with Gasteiger partial charge in [0.2, 0.25) is 0 Å². The van der Waals surface area contributed by atoms with E-state index in [1.807, 2.05) is 12.2 Å². The van der Waals surface area contributed by atoms with E-state index < -0.39 is 15.7 Å². The fourth-order valence-electron chi connectivity index (χ4n) is 2.26. The molecule has 1 aromatic carbocycles. The second kappa shape index (κ2) is 7.41. The van der Waals surface area contributed by atoms with Crippen LogP contribution in [0, 0.1) is 5.92 Å². The Morgan fingerprint density at radius 2 is 2.09 bits per heavy atom. The molecule has 7 heteroatoms. The van der Waals surface area contributed by atoms with Crippen molar-refractivity contribution in [1.82, 2.24) is 0 Å². The second-order valence-electron chi connectivity index (χ2n) is 5.44. The number of nitrogens with one attached hydrogen (secondary N) is 1. The van der Waals surface area contributed by atoms with Gasteiger partial charge in [-0.25, -0.2) is 8.42 Å². The Labute approximate surface area is 135 Å². The van der Waals surface area contributed by atoms with E-state index >= 15 is 0 Å². The quantitative estimate of drug-likeness (QED) is 0.655. The van der Waals surface area contributed by atoms with Crippen molar-refractivity contribution < 1.29 is 22.7 Å². The monoisotopic (exact) mass is 337 g/mol. The van der Waals surface area contributed by atoms with Gasteiger partial charge in [-0.15, -0.1) is 0 Å². The highest BCUT2D eigenvalue weighted by Crippen LogP contribution is 2.19. The maximum atomic E-state index is 11.8. The lowest BCUT2D eigenvalue weighted by molar-refractivity contribution is -0.151. The third-order valence-electron chi connectivity index (χ3n) is 3.49. The van der Waals surface area contributed by atoms with Crippen LogP contribution in [0.4, 0.5) is 5.69 Å². The molecule has 1 N–H and O–H groups in total. The molecular formula is C16H19NO5S. The van der Waals surface area contributed by atoms with Gasteiger partial charge in [0.15, 0.2) is 16.4 Å². The lowest BCUT2D eigenvalue weighted by atomic mass is 9.95. The van der Waals surface area contributed by atoms with Crippen molar-refractivity contribution in [2.24, 2.45) is 5.92 Å². The number of esters is 1. The van der Waals surface area contributed by atoms with Gasteiger partial charge in [-0.05, 0) is 37.5 Å².